The predicted octanol–water partition coefficient (Wildman–Crippen LogP) is 2.03. The number of hydrogen-bond acceptors (Lipinski definition) is 5. The Morgan fingerprint density at radius 3 is 2.32 bits per heavy atom. The summed E-state index contributed by atoms with van der Waals surface area (Å²) < 4.78 is 1.05. The zero-order valence-electron chi connectivity index (χ0n) is 9.81. The van der Waals surface area contributed by atoms with Crippen LogP contribution in [-0.2, 0) is 9.59 Å². The van der Waals surface area contributed by atoms with Crippen LogP contribution in [0.25, 0.3) is 0 Å². The average Bonchev–Trinajstić information content (AvgIpc) is 2.77. The van der Waals surface area contributed by atoms with Crippen molar-refractivity contribution in [3.8, 4) is 0 Å². The summed E-state index contributed by atoms with van der Waals surface area (Å²) in [5, 5.41) is 13.4. The van der Waals surface area contributed by atoms with E-state index in [-0.39, 0.29) is 0 Å². The number of nitrogens with zero attached hydrogens (tertiary/aromatic N) is 2. The molecule has 1 heterocycles. The Hall–Kier alpha value is -1.55. The highest BCUT2D eigenvalue weighted by molar-refractivity contribution is 14.1. The molecule has 0 aliphatic carbocycles. The molecule has 1 aromatic carbocycles. The van der Waals surface area contributed by atoms with Crippen LogP contribution in [0.1, 0.15) is 5.01 Å². The first-order valence-corrected chi connectivity index (χ1v) is 7.12. The Labute approximate surface area is 126 Å². The van der Waals surface area contributed by atoms with E-state index in [0.717, 1.165) is 3.57 Å². The average molecular weight is 388 g/mol. The Morgan fingerprint density at radius 1 is 1.11 bits per heavy atom. The normalized spacial score (nSPS) is 10.0. The smallest absolute Gasteiger partial charge is 0.315 e. The molecule has 2 aromatic rings. The minimum absolute atomic E-state index is 0.306. The van der Waals surface area contributed by atoms with Gasteiger partial charge in [0.2, 0.25) is 5.13 Å². The third-order valence-electron chi connectivity index (χ3n) is 2.05. The Bertz CT molecular complexity index is 611. The minimum Gasteiger partial charge on any atom is -0.318 e. The SMILES string of the molecule is Cc1nnc(NC(=O)C(=O)Nc2ccc(I)cc2)s1. The molecule has 98 valence electrons. The van der Waals surface area contributed by atoms with E-state index >= 15 is 0 Å². The minimum atomic E-state index is -0.769. The number of amides is 2. The second-order valence-electron chi connectivity index (χ2n) is 3.54. The van der Waals surface area contributed by atoms with Crippen molar-refractivity contribution < 1.29 is 9.59 Å². The third-order valence-corrected chi connectivity index (χ3v) is 3.53. The summed E-state index contributed by atoms with van der Waals surface area (Å²) in [6, 6.07) is 7.12. The van der Waals surface area contributed by atoms with Crippen LogP contribution in [0.5, 0.6) is 0 Å². The molecule has 2 N–H and O–H groups in total. The lowest BCUT2D eigenvalue weighted by molar-refractivity contribution is -0.133. The van der Waals surface area contributed by atoms with Gasteiger partial charge in [-0.3, -0.25) is 14.9 Å². The van der Waals surface area contributed by atoms with Crippen molar-refractivity contribution in [1.29, 1.82) is 0 Å². The summed E-state index contributed by atoms with van der Waals surface area (Å²) in [6.45, 7) is 1.76. The number of benzene rings is 1. The summed E-state index contributed by atoms with van der Waals surface area (Å²) in [5.74, 6) is -1.51. The van der Waals surface area contributed by atoms with E-state index in [2.05, 4.69) is 43.4 Å². The summed E-state index contributed by atoms with van der Waals surface area (Å²) >= 11 is 3.36. The second kappa shape index (κ2) is 6.06. The van der Waals surface area contributed by atoms with Gasteiger partial charge in [-0.1, -0.05) is 11.3 Å². The number of carbonyl (C=O) groups is 2. The first kappa shape index (κ1) is 13.9. The molecule has 0 atom stereocenters. The quantitative estimate of drug-likeness (QED) is 0.609. The summed E-state index contributed by atoms with van der Waals surface area (Å²) in [5.41, 5.74) is 0.564. The Morgan fingerprint density at radius 2 is 1.74 bits per heavy atom. The highest BCUT2D eigenvalue weighted by Crippen LogP contribution is 2.14. The number of rotatable bonds is 2. The van der Waals surface area contributed by atoms with E-state index in [9.17, 15) is 9.59 Å². The van der Waals surface area contributed by atoms with Crippen molar-refractivity contribution in [2.75, 3.05) is 10.6 Å². The molecule has 0 saturated carbocycles. The fourth-order valence-corrected chi connectivity index (χ4v) is 2.17. The molecular formula is C11H9IN4O2S. The molecule has 8 heteroatoms. The van der Waals surface area contributed by atoms with Crippen molar-refractivity contribution >= 4 is 56.6 Å². The van der Waals surface area contributed by atoms with Gasteiger partial charge < -0.3 is 5.32 Å². The highest BCUT2D eigenvalue weighted by atomic mass is 127. The van der Waals surface area contributed by atoms with Gasteiger partial charge in [0.25, 0.3) is 0 Å². The second-order valence-corrected chi connectivity index (χ2v) is 5.97. The van der Waals surface area contributed by atoms with Crippen LogP contribution in [0.15, 0.2) is 24.3 Å². The number of hydrogen-bond donors (Lipinski definition) is 2. The van der Waals surface area contributed by atoms with E-state index in [4.69, 9.17) is 0 Å². The van der Waals surface area contributed by atoms with Gasteiger partial charge in [-0.2, -0.15) is 0 Å². The van der Waals surface area contributed by atoms with E-state index < -0.39 is 11.8 Å². The molecule has 0 saturated heterocycles. The van der Waals surface area contributed by atoms with Crippen molar-refractivity contribution in [2.45, 2.75) is 6.92 Å². The van der Waals surface area contributed by atoms with Gasteiger partial charge >= 0.3 is 11.8 Å². The molecule has 1 aromatic heterocycles. The zero-order chi connectivity index (χ0) is 13.8. The molecule has 2 amide bonds. The predicted molar refractivity (Wildman–Crippen MR) is 81.1 cm³/mol. The van der Waals surface area contributed by atoms with Crippen molar-refractivity contribution in [2.24, 2.45) is 0 Å². The van der Waals surface area contributed by atoms with Crippen LogP contribution in [0, 0.1) is 10.5 Å². The van der Waals surface area contributed by atoms with Crippen LogP contribution < -0.4 is 10.6 Å². The van der Waals surface area contributed by atoms with Crippen molar-refractivity contribution in [3.63, 3.8) is 0 Å². The maximum absolute atomic E-state index is 11.6. The van der Waals surface area contributed by atoms with Gasteiger partial charge in [-0.15, -0.1) is 10.2 Å². The number of aryl methyl sites for hydroxylation is 1. The largest absolute Gasteiger partial charge is 0.318 e. The molecule has 0 unspecified atom stereocenters. The molecule has 19 heavy (non-hydrogen) atoms. The molecule has 0 spiro atoms. The number of aromatic nitrogens is 2. The molecule has 2 rings (SSSR count). The summed E-state index contributed by atoms with van der Waals surface area (Å²) in [6.07, 6.45) is 0. The number of anilines is 2. The van der Waals surface area contributed by atoms with Gasteiger partial charge in [-0.25, -0.2) is 0 Å². The van der Waals surface area contributed by atoms with Gasteiger partial charge in [0.15, 0.2) is 0 Å². The van der Waals surface area contributed by atoms with Gasteiger partial charge in [0.05, 0.1) is 0 Å². The van der Waals surface area contributed by atoms with E-state index in [0.29, 0.717) is 15.8 Å². The molecule has 0 bridgehead atoms. The maximum atomic E-state index is 11.6. The fourth-order valence-electron chi connectivity index (χ4n) is 1.22. The summed E-state index contributed by atoms with van der Waals surface area (Å²) in [4.78, 5) is 23.2. The van der Waals surface area contributed by atoms with Gasteiger partial charge in [-0.05, 0) is 53.8 Å². The van der Waals surface area contributed by atoms with E-state index in [1.54, 1.807) is 19.1 Å². The first-order valence-electron chi connectivity index (χ1n) is 5.22. The van der Waals surface area contributed by atoms with Crippen molar-refractivity contribution in [3.05, 3.63) is 32.8 Å². The van der Waals surface area contributed by atoms with Crippen LogP contribution in [0.4, 0.5) is 10.8 Å². The number of nitrogens with one attached hydrogen (secondary N) is 2. The first-order chi connectivity index (χ1) is 9.04. The van der Waals surface area contributed by atoms with Crippen LogP contribution in [0.2, 0.25) is 0 Å². The maximum Gasteiger partial charge on any atom is 0.315 e. The Kier molecular flexibility index (Phi) is 4.43. The number of halogens is 1. The lowest BCUT2D eigenvalue weighted by atomic mass is 10.3. The molecule has 0 aliphatic heterocycles. The van der Waals surface area contributed by atoms with Gasteiger partial charge in [0.1, 0.15) is 5.01 Å². The molecule has 6 nitrogen and oxygen atoms in total. The fraction of sp³-hybridized carbons (Fsp3) is 0.0909. The molecule has 0 radical (unpaired) electrons. The summed E-state index contributed by atoms with van der Waals surface area (Å²) in [7, 11) is 0. The molecule has 0 aliphatic rings. The number of carbonyl (C=O) groups excluding carboxylic acids is 2. The molecule has 0 fully saturated rings. The third kappa shape index (κ3) is 3.96. The van der Waals surface area contributed by atoms with Gasteiger partial charge in [0, 0.05) is 9.26 Å². The van der Waals surface area contributed by atoms with Crippen LogP contribution in [-0.4, -0.2) is 22.0 Å². The topological polar surface area (TPSA) is 84.0 Å². The Balaban J connectivity index is 1.96. The van der Waals surface area contributed by atoms with E-state index in [1.165, 1.54) is 11.3 Å². The molecular weight excluding hydrogens is 379 g/mol. The lowest BCUT2D eigenvalue weighted by Crippen LogP contribution is -2.29. The van der Waals surface area contributed by atoms with Crippen LogP contribution >= 0.6 is 33.9 Å². The van der Waals surface area contributed by atoms with Crippen LogP contribution in [0.3, 0.4) is 0 Å². The lowest BCUT2D eigenvalue weighted by Gasteiger charge is -2.04. The van der Waals surface area contributed by atoms with E-state index in [1.807, 2.05) is 12.1 Å². The standard InChI is InChI=1S/C11H9IN4O2S/c1-6-15-16-11(19-6)14-10(18)9(17)13-8-4-2-7(12)3-5-8/h2-5H,1H3,(H,13,17)(H,14,16,18). The highest BCUT2D eigenvalue weighted by Gasteiger charge is 2.15. The zero-order valence-corrected chi connectivity index (χ0v) is 12.8. The van der Waals surface area contributed by atoms with Crippen molar-refractivity contribution in [1.82, 2.24) is 10.2 Å². The monoisotopic (exact) mass is 388 g/mol.